The molecule has 1 aromatic rings. The van der Waals surface area contributed by atoms with E-state index in [1.165, 1.54) is 24.8 Å². The highest BCUT2D eigenvalue weighted by molar-refractivity contribution is 5.33. The van der Waals surface area contributed by atoms with Crippen molar-refractivity contribution in [1.82, 2.24) is 10.2 Å². The van der Waals surface area contributed by atoms with Crippen LogP contribution >= 0.6 is 0 Å². The van der Waals surface area contributed by atoms with Crippen LogP contribution in [0.25, 0.3) is 0 Å². The Morgan fingerprint density at radius 2 is 2.11 bits per heavy atom. The Morgan fingerprint density at radius 3 is 2.74 bits per heavy atom. The summed E-state index contributed by atoms with van der Waals surface area (Å²) in [5.74, 6) is 0.986. The second-order valence-electron chi connectivity index (χ2n) is 5.47. The summed E-state index contributed by atoms with van der Waals surface area (Å²) in [6.07, 6.45) is 3.88. The molecule has 0 radical (unpaired) electrons. The van der Waals surface area contributed by atoms with E-state index in [1.807, 2.05) is 12.1 Å². The van der Waals surface area contributed by atoms with Crippen molar-refractivity contribution in [3.63, 3.8) is 0 Å². The fourth-order valence-corrected chi connectivity index (χ4v) is 2.43. The van der Waals surface area contributed by atoms with Crippen LogP contribution in [0, 0.1) is 0 Å². The third-order valence-corrected chi connectivity index (χ3v) is 3.93. The SMILES string of the molecule is CCC(CNC1CC1)N(C)Cc1ccccc1OC. The van der Waals surface area contributed by atoms with E-state index in [-0.39, 0.29) is 0 Å². The summed E-state index contributed by atoms with van der Waals surface area (Å²) in [6.45, 7) is 4.29. The molecule has 0 spiro atoms. The zero-order valence-electron chi connectivity index (χ0n) is 12.4. The number of hydrogen-bond donors (Lipinski definition) is 1. The largest absolute Gasteiger partial charge is 0.496 e. The summed E-state index contributed by atoms with van der Waals surface area (Å²) < 4.78 is 5.43. The maximum Gasteiger partial charge on any atom is 0.123 e. The minimum Gasteiger partial charge on any atom is -0.496 e. The molecule has 1 unspecified atom stereocenters. The van der Waals surface area contributed by atoms with Crippen LogP contribution < -0.4 is 10.1 Å². The van der Waals surface area contributed by atoms with E-state index in [1.54, 1.807) is 7.11 Å². The third kappa shape index (κ3) is 4.22. The summed E-state index contributed by atoms with van der Waals surface area (Å²) in [7, 11) is 3.94. The van der Waals surface area contributed by atoms with E-state index >= 15 is 0 Å². The van der Waals surface area contributed by atoms with Gasteiger partial charge in [0.2, 0.25) is 0 Å². The number of methoxy groups -OCH3 is 1. The fourth-order valence-electron chi connectivity index (χ4n) is 2.43. The number of rotatable bonds is 8. The first kappa shape index (κ1) is 14.4. The van der Waals surface area contributed by atoms with Gasteiger partial charge in [0.1, 0.15) is 5.75 Å². The quantitative estimate of drug-likeness (QED) is 0.779. The monoisotopic (exact) mass is 262 g/mol. The van der Waals surface area contributed by atoms with Gasteiger partial charge in [0, 0.05) is 30.7 Å². The van der Waals surface area contributed by atoms with Crippen LogP contribution in [-0.2, 0) is 6.54 Å². The molecule has 1 aliphatic carbocycles. The van der Waals surface area contributed by atoms with E-state index < -0.39 is 0 Å². The van der Waals surface area contributed by atoms with Crippen molar-refractivity contribution in [3.8, 4) is 5.75 Å². The molecule has 3 heteroatoms. The maximum atomic E-state index is 5.43. The van der Waals surface area contributed by atoms with E-state index in [0.29, 0.717) is 6.04 Å². The molecule has 0 saturated heterocycles. The average Bonchev–Trinajstić information content (AvgIpc) is 3.24. The van der Waals surface area contributed by atoms with Crippen molar-refractivity contribution in [2.24, 2.45) is 0 Å². The van der Waals surface area contributed by atoms with Crippen LogP contribution in [0.3, 0.4) is 0 Å². The molecule has 1 aliphatic rings. The van der Waals surface area contributed by atoms with Crippen molar-refractivity contribution in [2.75, 3.05) is 20.7 Å². The second kappa shape index (κ2) is 6.92. The Morgan fingerprint density at radius 1 is 1.37 bits per heavy atom. The molecular weight excluding hydrogens is 236 g/mol. The Bertz CT molecular complexity index is 390. The van der Waals surface area contributed by atoms with Gasteiger partial charge in [-0.25, -0.2) is 0 Å². The first-order chi connectivity index (χ1) is 9.24. The first-order valence-corrected chi connectivity index (χ1v) is 7.30. The Hall–Kier alpha value is -1.06. The molecule has 1 atom stereocenters. The van der Waals surface area contributed by atoms with Gasteiger partial charge in [0.15, 0.2) is 0 Å². The van der Waals surface area contributed by atoms with Crippen molar-refractivity contribution < 1.29 is 4.74 Å². The summed E-state index contributed by atoms with van der Waals surface area (Å²) in [5, 5.41) is 3.63. The third-order valence-electron chi connectivity index (χ3n) is 3.93. The van der Waals surface area contributed by atoms with Gasteiger partial charge in [-0.1, -0.05) is 25.1 Å². The van der Waals surface area contributed by atoms with E-state index in [9.17, 15) is 0 Å². The van der Waals surface area contributed by atoms with Gasteiger partial charge in [-0.15, -0.1) is 0 Å². The number of nitrogens with zero attached hydrogens (tertiary/aromatic N) is 1. The van der Waals surface area contributed by atoms with E-state index in [2.05, 4.69) is 36.3 Å². The smallest absolute Gasteiger partial charge is 0.123 e. The Balaban J connectivity index is 1.91. The van der Waals surface area contributed by atoms with Gasteiger partial charge in [-0.2, -0.15) is 0 Å². The highest BCUT2D eigenvalue weighted by Gasteiger charge is 2.22. The highest BCUT2D eigenvalue weighted by atomic mass is 16.5. The predicted octanol–water partition coefficient (Wildman–Crippen LogP) is 2.66. The zero-order valence-corrected chi connectivity index (χ0v) is 12.4. The van der Waals surface area contributed by atoms with Crippen molar-refractivity contribution in [3.05, 3.63) is 29.8 Å². The molecule has 0 heterocycles. The van der Waals surface area contributed by atoms with Crippen LogP contribution in [0.4, 0.5) is 0 Å². The lowest BCUT2D eigenvalue weighted by atomic mass is 10.1. The standard InChI is InChI=1S/C16H26N2O/c1-4-15(11-17-14-9-10-14)18(2)12-13-7-5-6-8-16(13)19-3/h5-8,14-15,17H,4,9-12H2,1-3H3. The number of hydrogen-bond acceptors (Lipinski definition) is 3. The summed E-state index contributed by atoms with van der Waals surface area (Å²) in [5.41, 5.74) is 1.26. The number of benzene rings is 1. The number of ether oxygens (including phenoxy) is 1. The number of para-hydroxylation sites is 1. The second-order valence-corrected chi connectivity index (χ2v) is 5.47. The van der Waals surface area contributed by atoms with Gasteiger partial charge < -0.3 is 10.1 Å². The molecule has 1 saturated carbocycles. The number of likely N-dealkylation sites (N-methyl/N-ethyl adjacent to an activating group) is 1. The Labute approximate surface area is 116 Å². The molecule has 1 aromatic carbocycles. The minimum absolute atomic E-state index is 0.588. The Kier molecular flexibility index (Phi) is 5.23. The van der Waals surface area contributed by atoms with Crippen LogP contribution in [0.1, 0.15) is 31.7 Å². The first-order valence-electron chi connectivity index (χ1n) is 7.30. The van der Waals surface area contributed by atoms with Crippen molar-refractivity contribution in [1.29, 1.82) is 0 Å². The fraction of sp³-hybridized carbons (Fsp3) is 0.625. The highest BCUT2D eigenvalue weighted by Crippen LogP contribution is 2.21. The molecule has 0 bridgehead atoms. The molecule has 1 N–H and O–H groups in total. The van der Waals surface area contributed by atoms with E-state index in [0.717, 1.165) is 24.9 Å². The average molecular weight is 262 g/mol. The topological polar surface area (TPSA) is 24.5 Å². The lowest BCUT2D eigenvalue weighted by Crippen LogP contribution is -2.40. The molecule has 106 valence electrons. The van der Waals surface area contributed by atoms with Gasteiger partial charge in [-0.05, 0) is 32.4 Å². The lowest BCUT2D eigenvalue weighted by Gasteiger charge is -2.28. The normalized spacial score (nSPS) is 16.6. The molecule has 1 fully saturated rings. The molecule has 0 aliphatic heterocycles. The van der Waals surface area contributed by atoms with E-state index in [4.69, 9.17) is 4.74 Å². The van der Waals surface area contributed by atoms with Crippen molar-refractivity contribution >= 4 is 0 Å². The zero-order chi connectivity index (χ0) is 13.7. The molecule has 3 nitrogen and oxygen atoms in total. The van der Waals surface area contributed by atoms with Crippen LogP contribution in [-0.4, -0.2) is 37.7 Å². The summed E-state index contributed by atoms with van der Waals surface area (Å²) >= 11 is 0. The van der Waals surface area contributed by atoms with Gasteiger partial charge in [-0.3, -0.25) is 4.90 Å². The van der Waals surface area contributed by atoms with Crippen molar-refractivity contribution in [2.45, 2.75) is 44.8 Å². The van der Waals surface area contributed by atoms with Gasteiger partial charge in [0.05, 0.1) is 7.11 Å². The van der Waals surface area contributed by atoms with Gasteiger partial charge >= 0.3 is 0 Å². The van der Waals surface area contributed by atoms with Crippen LogP contribution in [0.15, 0.2) is 24.3 Å². The van der Waals surface area contributed by atoms with Gasteiger partial charge in [0.25, 0.3) is 0 Å². The summed E-state index contributed by atoms with van der Waals surface area (Å²) in [4.78, 5) is 2.42. The predicted molar refractivity (Wildman–Crippen MR) is 79.6 cm³/mol. The minimum atomic E-state index is 0.588. The number of nitrogens with one attached hydrogen (secondary N) is 1. The molecular formula is C16H26N2O. The van der Waals surface area contributed by atoms with Crippen LogP contribution in [0.5, 0.6) is 5.75 Å². The summed E-state index contributed by atoms with van der Waals surface area (Å²) in [6, 6.07) is 9.66. The molecule has 0 amide bonds. The maximum absolute atomic E-state index is 5.43. The van der Waals surface area contributed by atoms with Crippen LogP contribution in [0.2, 0.25) is 0 Å². The molecule has 2 rings (SSSR count). The molecule has 0 aromatic heterocycles. The lowest BCUT2D eigenvalue weighted by molar-refractivity contribution is 0.218. The molecule has 19 heavy (non-hydrogen) atoms.